The molecule has 0 unspecified atom stereocenters. The number of carbonyl (C=O) groups excluding carboxylic acids is 2. The highest BCUT2D eigenvalue weighted by Gasteiger charge is 2.15. The van der Waals surface area contributed by atoms with Crippen molar-refractivity contribution in [3.8, 4) is 0 Å². The van der Waals surface area contributed by atoms with Gasteiger partial charge in [-0.2, -0.15) is 0 Å². The van der Waals surface area contributed by atoms with Gasteiger partial charge in [0.1, 0.15) is 0 Å². The van der Waals surface area contributed by atoms with Crippen molar-refractivity contribution in [3.63, 3.8) is 0 Å². The fraction of sp³-hybridized carbons (Fsp3) is 0.368. The van der Waals surface area contributed by atoms with Crippen LogP contribution in [0.25, 0.3) is 0 Å². The van der Waals surface area contributed by atoms with Crippen LogP contribution in [0.1, 0.15) is 51.4 Å². The monoisotopic (exact) mass is 327 g/mol. The molecule has 23 heavy (non-hydrogen) atoms. The second kappa shape index (κ2) is 7.09. The first-order valence-electron chi connectivity index (χ1n) is 8.14. The number of nitrogens with one attached hydrogen (secondary N) is 1. The minimum absolute atomic E-state index is 0.0494. The van der Waals surface area contributed by atoms with Crippen LogP contribution in [0.5, 0.6) is 0 Å². The molecule has 0 aliphatic heterocycles. The summed E-state index contributed by atoms with van der Waals surface area (Å²) in [6.45, 7) is 1.98. The third kappa shape index (κ3) is 3.88. The van der Waals surface area contributed by atoms with Gasteiger partial charge in [0.05, 0.1) is 4.88 Å². The predicted octanol–water partition coefficient (Wildman–Crippen LogP) is 4.54. The Bertz CT molecular complexity index is 733. The number of ketones is 1. The Labute approximate surface area is 140 Å². The van der Waals surface area contributed by atoms with E-state index in [9.17, 15) is 9.59 Å². The van der Waals surface area contributed by atoms with Gasteiger partial charge >= 0.3 is 0 Å². The van der Waals surface area contributed by atoms with Crippen molar-refractivity contribution in [2.75, 3.05) is 5.32 Å². The third-order valence-corrected chi connectivity index (χ3v) is 5.31. The maximum absolute atomic E-state index is 12.2. The number of hydrogen-bond donors (Lipinski definition) is 1. The van der Waals surface area contributed by atoms with E-state index in [-0.39, 0.29) is 24.5 Å². The number of Topliss-reactive ketones (excluding diaryl/α,β-unsaturated/α-hetero) is 1. The molecular formula is C19H21NO2S. The Morgan fingerprint density at radius 2 is 1.91 bits per heavy atom. The minimum atomic E-state index is -0.0781. The van der Waals surface area contributed by atoms with E-state index in [4.69, 9.17) is 0 Å². The molecule has 1 aliphatic rings. The molecule has 0 bridgehead atoms. The molecule has 0 fully saturated rings. The number of fused-ring (bicyclic) bond motifs is 1. The van der Waals surface area contributed by atoms with Gasteiger partial charge in [-0.15, -0.1) is 11.3 Å². The number of aryl methyl sites for hydroxylation is 2. The number of amides is 1. The first-order valence-corrected chi connectivity index (χ1v) is 8.95. The van der Waals surface area contributed by atoms with Gasteiger partial charge in [0.15, 0.2) is 5.78 Å². The van der Waals surface area contributed by atoms with E-state index in [1.54, 1.807) is 0 Å². The SMILES string of the molecule is Cc1ccc(C(=O)CCC(=O)Nc2cccc3c2CCCC3)s1. The highest BCUT2D eigenvalue weighted by Crippen LogP contribution is 2.28. The molecule has 1 amide bonds. The summed E-state index contributed by atoms with van der Waals surface area (Å²) in [4.78, 5) is 26.1. The number of carbonyl (C=O) groups is 2. The topological polar surface area (TPSA) is 46.2 Å². The van der Waals surface area contributed by atoms with E-state index in [0.717, 1.165) is 28.3 Å². The summed E-state index contributed by atoms with van der Waals surface area (Å²) in [5, 5.41) is 2.99. The molecule has 1 aromatic carbocycles. The summed E-state index contributed by atoms with van der Waals surface area (Å²) >= 11 is 1.49. The van der Waals surface area contributed by atoms with Crippen molar-refractivity contribution in [2.24, 2.45) is 0 Å². The molecule has 0 spiro atoms. The normalized spacial score (nSPS) is 13.4. The van der Waals surface area contributed by atoms with Gasteiger partial charge in [-0.05, 0) is 61.9 Å². The number of benzene rings is 1. The van der Waals surface area contributed by atoms with Crippen molar-refractivity contribution in [3.05, 3.63) is 51.2 Å². The molecule has 2 aromatic rings. The van der Waals surface area contributed by atoms with E-state index in [0.29, 0.717) is 0 Å². The lowest BCUT2D eigenvalue weighted by Crippen LogP contribution is -2.16. The third-order valence-electron chi connectivity index (χ3n) is 4.26. The Kier molecular flexibility index (Phi) is 4.91. The second-order valence-electron chi connectivity index (χ2n) is 6.03. The maximum atomic E-state index is 12.2. The summed E-state index contributed by atoms with van der Waals surface area (Å²) in [7, 11) is 0. The van der Waals surface area contributed by atoms with Gasteiger partial charge in [0.25, 0.3) is 0 Å². The molecular weight excluding hydrogens is 306 g/mol. The van der Waals surface area contributed by atoms with E-state index < -0.39 is 0 Å². The predicted molar refractivity (Wildman–Crippen MR) is 94.3 cm³/mol. The van der Waals surface area contributed by atoms with E-state index in [2.05, 4.69) is 11.4 Å². The van der Waals surface area contributed by atoms with Crippen molar-refractivity contribution >= 4 is 28.7 Å². The van der Waals surface area contributed by atoms with E-state index in [1.807, 2.05) is 31.2 Å². The van der Waals surface area contributed by atoms with Crippen LogP contribution < -0.4 is 5.32 Å². The first kappa shape index (κ1) is 15.9. The van der Waals surface area contributed by atoms with Crippen molar-refractivity contribution in [2.45, 2.75) is 45.4 Å². The molecule has 0 atom stereocenters. The quantitative estimate of drug-likeness (QED) is 0.820. The average Bonchev–Trinajstić information content (AvgIpc) is 2.99. The Morgan fingerprint density at radius 3 is 2.70 bits per heavy atom. The Morgan fingerprint density at radius 1 is 1.09 bits per heavy atom. The minimum Gasteiger partial charge on any atom is -0.326 e. The summed E-state index contributed by atoms with van der Waals surface area (Å²) in [6.07, 6.45) is 5.02. The highest BCUT2D eigenvalue weighted by atomic mass is 32.1. The fourth-order valence-corrected chi connectivity index (χ4v) is 3.88. The molecule has 1 aromatic heterocycles. The lowest BCUT2D eigenvalue weighted by Gasteiger charge is -2.19. The number of thiophene rings is 1. The largest absolute Gasteiger partial charge is 0.326 e. The molecule has 4 heteroatoms. The van der Waals surface area contributed by atoms with Crippen LogP contribution in [-0.4, -0.2) is 11.7 Å². The zero-order chi connectivity index (χ0) is 16.2. The van der Waals surface area contributed by atoms with Crippen LogP contribution in [0.15, 0.2) is 30.3 Å². The highest BCUT2D eigenvalue weighted by molar-refractivity contribution is 7.14. The van der Waals surface area contributed by atoms with Crippen LogP contribution in [0, 0.1) is 6.92 Å². The standard InChI is InChI=1S/C19H21NO2S/c1-13-9-11-18(23-13)17(21)10-12-19(22)20-16-8-4-6-14-5-2-3-7-15(14)16/h4,6,8-9,11H,2-3,5,7,10,12H2,1H3,(H,20,22). The van der Waals surface area contributed by atoms with Gasteiger partial charge in [-0.25, -0.2) is 0 Å². The molecule has 1 N–H and O–H groups in total. The molecule has 120 valence electrons. The lowest BCUT2D eigenvalue weighted by molar-refractivity contribution is -0.116. The second-order valence-corrected chi connectivity index (χ2v) is 7.32. The summed E-state index contributed by atoms with van der Waals surface area (Å²) < 4.78 is 0. The molecule has 0 radical (unpaired) electrons. The first-order chi connectivity index (χ1) is 11.1. The van der Waals surface area contributed by atoms with E-state index in [1.165, 1.54) is 35.3 Å². The Hall–Kier alpha value is -1.94. The van der Waals surface area contributed by atoms with Crippen LogP contribution in [0.2, 0.25) is 0 Å². The number of rotatable bonds is 5. The van der Waals surface area contributed by atoms with Crippen LogP contribution in [-0.2, 0) is 17.6 Å². The van der Waals surface area contributed by atoms with Crippen LogP contribution in [0.4, 0.5) is 5.69 Å². The molecule has 1 heterocycles. The number of anilines is 1. The molecule has 0 saturated carbocycles. The molecule has 3 nitrogen and oxygen atoms in total. The van der Waals surface area contributed by atoms with Crippen molar-refractivity contribution in [1.29, 1.82) is 0 Å². The summed E-state index contributed by atoms with van der Waals surface area (Å²) in [5.74, 6) is -0.0288. The summed E-state index contributed by atoms with van der Waals surface area (Å²) in [5.41, 5.74) is 3.54. The molecule has 1 aliphatic carbocycles. The van der Waals surface area contributed by atoms with Gasteiger partial charge in [0.2, 0.25) is 5.91 Å². The molecule has 3 rings (SSSR count). The van der Waals surface area contributed by atoms with Gasteiger partial charge < -0.3 is 5.32 Å². The smallest absolute Gasteiger partial charge is 0.224 e. The Balaban J connectivity index is 1.59. The van der Waals surface area contributed by atoms with Gasteiger partial charge in [-0.3, -0.25) is 9.59 Å². The zero-order valence-electron chi connectivity index (χ0n) is 13.4. The average molecular weight is 327 g/mol. The fourth-order valence-electron chi connectivity index (χ4n) is 3.05. The maximum Gasteiger partial charge on any atom is 0.224 e. The summed E-state index contributed by atoms with van der Waals surface area (Å²) in [6, 6.07) is 9.89. The van der Waals surface area contributed by atoms with Crippen molar-refractivity contribution < 1.29 is 9.59 Å². The molecule has 0 saturated heterocycles. The van der Waals surface area contributed by atoms with Crippen molar-refractivity contribution in [1.82, 2.24) is 0 Å². The van der Waals surface area contributed by atoms with Gasteiger partial charge in [-0.1, -0.05) is 12.1 Å². The van der Waals surface area contributed by atoms with E-state index >= 15 is 0 Å². The van der Waals surface area contributed by atoms with Crippen LogP contribution in [0.3, 0.4) is 0 Å². The lowest BCUT2D eigenvalue weighted by atomic mass is 9.90. The zero-order valence-corrected chi connectivity index (χ0v) is 14.2. The van der Waals surface area contributed by atoms with Gasteiger partial charge in [0, 0.05) is 23.4 Å². The number of hydrogen-bond acceptors (Lipinski definition) is 3. The van der Waals surface area contributed by atoms with Crippen LogP contribution >= 0.6 is 11.3 Å².